The van der Waals surface area contributed by atoms with Crippen molar-refractivity contribution in [2.45, 2.75) is 4.90 Å². The lowest BCUT2D eigenvalue weighted by molar-refractivity contribution is 0.588. The molecule has 1 aliphatic rings. The minimum absolute atomic E-state index is 0.304. The zero-order chi connectivity index (χ0) is 17.4. The van der Waals surface area contributed by atoms with Gasteiger partial charge in [-0.25, -0.2) is 12.4 Å². The Hall–Kier alpha value is -1.58. The summed E-state index contributed by atoms with van der Waals surface area (Å²) in [7, 11) is -3.62. The molecule has 0 amide bonds. The van der Waals surface area contributed by atoms with Crippen molar-refractivity contribution in [3.8, 4) is 0 Å². The van der Waals surface area contributed by atoms with Gasteiger partial charge in [-0.15, -0.1) is 0 Å². The van der Waals surface area contributed by atoms with E-state index in [0.29, 0.717) is 8.60 Å². The second-order valence-electron chi connectivity index (χ2n) is 6.00. The van der Waals surface area contributed by atoms with Gasteiger partial charge in [-0.2, -0.15) is 0 Å². The standard InChI is InChI=1S/C18H18IN3O2S/c19-18-13-15-16(21-11-9-20-10-12-21)7-4-8-17(15)22(18)25(23,24)14-5-2-1-3-6-14/h1-8,13,20H,9-12H2. The SMILES string of the molecule is O=S(=O)(c1ccccc1)n1c(I)cc2c(N3CCNCC3)cccc21. The van der Waals surface area contributed by atoms with Gasteiger partial charge in [0.15, 0.2) is 0 Å². The van der Waals surface area contributed by atoms with Crippen LogP contribution in [0.5, 0.6) is 0 Å². The van der Waals surface area contributed by atoms with Crippen molar-refractivity contribution in [2.24, 2.45) is 0 Å². The monoisotopic (exact) mass is 467 g/mol. The van der Waals surface area contributed by atoms with E-state index < -0.39 is 10.0 Å². The van der Waals surface area contributed by atoms with Crippen molar-refractivity contribution in [1.29, 1.82) is 0 Å². The molecule has 1 N–H and O–H groups in total. The molecule has 1 aromatic heterocycles. The molecule has 0 radical (unpaired) electrons. The van der Waals surface area contributed by atoms with Gasteiger partial charge in [0.05, 0.1) is 14.1 Å². The van der Waals surface area contributed by atoms with Gasteiger partial charge >= 0.3 is 0 Å². The van der Waals surface area contributed by atoms with Crippen LogP contribution in [0.2, 0.25) is 0 Å². The summed E-state index contributed by atoms with van der Waals surface area (Å²) in [6.07, 6.45) is 0. The number of hydrogen-bond acceptors (Lipinski definition) is 4. The largest absolute Gasteiger partial charge is 0.368 e. The van der Waals surface area contributed by atoms with Gasteiger partial charge in [0.1, 0.15) is 0 Å². The summed E-state index contributed by atoms with van der Waals surface area (Å²) in [5, 5.41) is 4.33. The molecular formula is C18H18IN3O2S. The number of fused-ring (bicyclic) bond motifs is 1. The molecule has 1 saturated heterocycles. The molecule has 25 heavy (non-hydrogen) atoms. The zero-order valence-corrected chi connectivity index (χ0v) is 16.5. The van der Waals surface area contributed by atoms with E-state index in [1.165, 1.54) is 3.97 Å². The number of aromatic nitrogens is 1. The summed E-state index contributed by atoms with van der Waals surface area (Å²) in [6.45, 7) is 3.73. The lowest BCUT2D eigenvalue weighted by Crippen LogP contribution is -2.43. The molecule has 0 unspecified atom stereocenters. The Bertz CT molecular complexity index is 1010. The van der Waals surface area contributed by atoms with E-state index in [4.69, 9.17) is 0 Å². The Morgan fingerprint density at radius 1 is 0.960 bits per heavy atom. The maximum atomic E-state index is 13.2. The molecule has 3 aromatic rings. The molecule has 0 atom stereocenters. The minimum Gasteiger partial charge on any atom is -0.368 e. The molecule has 0 aliphatic carbocycles. The molecule has 7 heteroatoms. The summed E-state index contributed by atoms with van der Waals surface area (Å²) < 4.78 is 28.4. The quantitative estimate of drug-likeness (QED) is 0.603. The van der Waals surface area contributed by atoms with Crippen molar-refractivity contribution in [3.63, 3.8) is 0 Å². The zero-order valence-electron chi connectivity index (χ0n) is 13.5. The van der Waals surface area contributed by atoms with E-state index in [9.17, 15) is 8.42 Å². The smallest absolute Gasteiger partial charge is 0.269 e. The fraction of sp³-hybridized carbons (Fsp3) is 0.222. The van der Waals surface area contributed by atoms with Crippen LogP contribution in [0.25, 0.3) is 10.9 Å². The average molecular weight is 467 g/mol. The van der Waals surface area contributed by atoms with Gasteiger partial charge in [-0.3, -0.25) is 0 Å². The van der Waals surface area contributed by atoms with Gasteiger partial charge in [0, 0.05) is 37.3 Å². The fourth-order valence-corrected chi connectivity index (χ4v) is 6.04. The van der Waals surface area contributed by atoms with Gasteiger partial charge in [0.25, 0.3) is 10.0 Å². The van der Waals surface area contributed by atoms with Crippen LogP contribution in [-0.4, -0.2) is 38.6 Å². The lowest BCUT2D eigenvalue weighted by Gasteiger charge is -2.30. The van der Waals surface area contributed by atoms with Crippen LogP contribution >= 0.6 is 22.6 Å². The Morgan fingerprint density at radius 2 is 1.68 bits per heavy atom. The molecule has 2 heterocycles. The molecule has 130 valence electrons. The molecule has 5 nitrogen and oxygen atoms in total. The van der Waals surface area contributed by atoms with Crippen LogP contribution in [0, 0.1) is 3.70 Å². The van der Waals surface area contributed by atoms with E-state index in [-0.39, 0.29) is 0 Å². The highest BCUT2D eigenvalue weighted by atomic mass is 127. The van der Waals surface area contributed by atoms with Crippen molar-refractivity contribution in [1.82, 2.24) is 9.29 Å². The lowest BCUT2D eigenvalue weighted by atomic mass is 10.2. The van der Waals surface area contributed by atoms with Crippen molar-refractivity contribution in [3.05, 3.63) is 58.3 Å². The van der Waals surface area contributed by atoms with Gasteiger partial charge in [0.2, 0.25) is 0 Å². The summed E-state index contributed by atoms with van der Waals surface area (Å²) >= 11 is 2.11. The summed E-state index contributed by atoms with van der Waals surface area (Å²) in [5.41, 5.74) is 1.82. The Morgan fingerprint density at radius 3 is 2.40 bits per heavy atom. The second kappa shape index (κ2) is 6.62. The topological polar surface area (TPSA) is 54.3 Å². The third-order valence-electron chi connectivity index (χ3n) is 4.48. The predicted octanol–water partition coefficient (Wildman–Crippen LogP) is 2.89. The fourth-order valence-electron chi connectivity index (χ4n) is 3.28. The van der Waals surface area contributed by atoms with Crippen LogP contribution in [-0.2, 0) is 10.0 Å². The normalized spacial score (nSPS) is 15.6. The van der Waals surface area contributed by atoms with E-state index >= 15 is 0 Å². The van der Waals surface area contributed by atoms with Gasteiger partial charge in [-0.05, 0) is 52.9 Å². The summed E-state index contributed by atoms with van der Waals surface area (Å²) in [6, 6.07) is 16.4. The number of rotatable bonds is 3. The van der Waals surface area contributed by atoms with Crippen molar-refractivity contribution < 1.29 is 8.42 Å². The average Bonchev–Trinajstić information content (AvgIpc) is 2.99. The first kappa shape index (κ1) is 16.9. The summed E-state index contributed by atoms with van der Waals surface area (Å²) in [5.74, 6) is 0. The van der Waals surface area contributed by atoms with Crippen molar-refractivity contribution in [2.75, 3.05) is 31.1 Å². The van der Waals surface area contributed by atoms with Gasteiger partial charge < -0.3 is 10.2 Å². The highest BCUT2D eigenvalue weighted by Gasteiger charge is 2.24. The molecule has 2 aromatic carbocycles. The third kappa shape index (κ3) is 2.94. The highest BCUT2D eigenvalue weighted by molar-refractivity contribution is 14.1. The van der Waals surface area contributed by atoms with Crippen molar-refractivity contribution >= 4 is 49.2 Å². The molecule has 0 spiro atoms. The maximum absolute atomic E-state index is 13.2. The molecule has 0 saturated carbocycles. The first-order chi connectivity index (χ1) is 12.1. The van der Waals surface area contributed by atoms with E-state index in [1.54, 1.807) is 24.3 Å². The summed E-state index contributed by atoms with van der Waals surface area (Å²) in [4.78, 5) is 2.62. The van der Waals surface area contributed by atoms with E-state index in [1.807, 2.05) is 24.3 Å². The number of anilines is 1. The molecule has 0 bridgehead atoms. The third-order valence-corrected chi connectivity index (χ3v) is 7.34. The highest BCUT2D eigenvalue weighted by Crippen LogP contribution is 2.33. The number of halogens is 1. The van der Waals surface area contributed by atoms with Crippen LogP contribution in [0.1, 0.15) is 0 Å². The van der Waals surface area contributed by atoms with Gasteiger partial charge in [-0.1, -0.05) is 24.3 Å². The number of nitrogens with one attached hydrogen (secondary N) is 1. The van der Waals surface area contributed by atoms with Crippen LogP contribution < -0.4 is 10.2 Å². The molecule has 4 rings (SSSR count). The molecule has 1 aliphatic heterocycles. The molecule has 1 fully saturated rings. The Kier molecular flexibility index (Phi) is 4.47. The number of piperazine rings is 1. The maximum Gasteiger partial charge on any atom is 0.269 e. The van der Waals surface area contributed by atoms with E-state index in [2.05, 4.69) is 38.9 Å². The van der Waals surface area contributed by atoms with Crippen LogP contribution in [0.4, 0.5) is 5.69 Å². The Balaban J connectivity index is 1.90. The number of benzene rings is 2. The Labute approximate surface area is 160 Å². The first-order valence-corrected chi connectivity index (χ1v) is 10.7. The second-order valence-corrected chi connectivity index (χ2v) is 8.89. The van der Waals surface area contributed by atoms with Crippen LogP contribution in [0.15, 0.2) is 59.5 Å². The van der Waals surface area contributed by atoms with E-state index in [0.717, 1.165) is 42.8 Å². The minimum atomic E-state index is -3.62. The number of hydrogen-bond donors (Lipinski definition) is 1. The van der Waals surface area contributed by atoms with Crippen LogP contribution in [0.3, 0.4) is 0 Å². The predicted molar refractivity (Wildman–Crippen MR) is 109 cm³/mol. The number of nitrogens with zero attached hydrogens (tertiary/aromatic N) is 2. The first-order valence-electron chi connectivity index (χ1n) is 8.15. The molecular weight excluding hydrogens is 449 g/mol.